The van der Waals surface area contributed by atoms with E-state index < -0.39 is 0 Å². The minimum atomic E-state index is 0.0684. The largest absolute Gasteiger partial charge is 0.495 e. The molecule has 1 atom stereocenters. The number of imidazole rings is 1. The number of piperidine rings is 1. The van der Waals surface area contributed by atoms with E-state index in [4.69, 9.17) is 4.74 Å². The Morgan fingerprint density at radius 3 is 2.83 bits per heavy atom. The third kappa shape index (κ3) is 4.23. The molecule has 5 nitrogen and oxygen atoms in total. The third-order valence-electron chi connectivity index (χ3n) is 5.38. The predicted octanol–water partition coefficient (Wildman–Crippen LogP) is 5.78. The van der Waals surface area contributed by atoms with Crippen molar-refractivity contribution >= 4 is 39.2 Å². The Hall–Kier alpha value is -2.38. The zero-order chi connectivity index (χ0) is 21.3. The van der Waals surface area contributed by atoms with Gasteiger partial charge < -0.3 is 14.2 Å². The smallest absolute Gasteiger partial charge is 0.250 e. The fourth-order valence-corrected chi connectivity index (χ4v) is 5.30. The van der Waals surface area contributed by atoms with Gasteiger partial charge in [0.1, 0.15) is 5.75 Å². The van der Waals surface area contributed by atoms with Crippen LogP contribution >= 0.6 is 27.3 Å². The molecule has 1 amide bonds. The highest BCUT2D eigenvalue weighted by molar-refractivity contribution is 9.10. The molecule has 0 spiro atoms. The van der Waals surface area contributed by atoms with E-state index in [0.717, 1.165) is 52.1 Å². The number of rotatable bonds is 5. The summed E-state index contributed by atoms with van der Waals surface area (Å²) in [5, 5.41) is 2.06. The van der Waals surface area contributed by atoms with Crippen LogP contribution in [0, 0.1) is 6.92 Å². The number of nitrogens with zero attached hydrogens (tertiary/aromatic N) is 3. The summed E-state index contributed by atoms with van der Waals surface area (Å²) in [5.41, 5.74) is 3.68. The number of aromatic nitrogens is 2. The molecule has 4 rings (SSSR count). The van der Waals surface area contributed by atoms with E-state index in [1.54, 1.807) is 24.8 Å². The highest BCUT2D eigenvalue weighted by atomic mass is 79.9. The predicted molar refractivity (Wildman–Crippen MR) is 124 cm³/mol. The maximum atomic E-state index is 13.2. The Bertz CT molecular complexity index is 1100. The molecular formula is C23H24BrN3O2S. The molecule has 0 N–H and O–H groups in total. The topological polar surface area (TPSA) is 47.4 Å². The number of carbonyl (C=O) groups excluding carboxylic acids is 1. The number of hydrogen-bond donors (Lipinski definition) is 0. The Kier molecular flexibility index (Phi) is 6.11. The second-order valence-electron chi connectivity index (χ2n) is 7.47. The average Bonchev–Trinajstić information content (AvgIpc) is 3.37. The molecule has 7 heteroatoms. The van der Waals surface area contributed by atoms with E-state index >= 15 is 0 Å². The minimum Gasteiger partial charge on any atom is -0.495 e. The van der Waals surface area contributed by atoms with Crippen molar-refractivity contribution in [3.05, 3.63) is 68.4 Å². The summed E-state index contributed by atoms with van der Waals surface area (Å²) in [6, 6.07) is 8.17. The molecule has 0 aliphatic carbocycles. The van der Waals surface area contributed by atoms with Crippen LogP contribution in [-0.2, 0) is 4.79 Å². The molecule has 3 heterocycles. The molecule has 1 aliphatic heterocycles. The monoisotopic (exact) mass is 485 g/mol. The van der Waals surface area contributed by atoms with Gasteiger partial charge in [0, 0.05) is 33.0 Å². The zero-order valence-corrected chi connectivity index (χ0v) is 19.7. The summed E-state index contributed by atoms with van der Waals surface area (Å²) in [6.45, 7) is 4.84. The highest BCUT2D eigenvalue weighted by Crippen LogP contribution is 2.33. The summed E-state index contributed by atoms with van der Waals surface area (Å²) in [6.07, 6.45) is 7.50. The summed E-state index contributed by atoms with van der Waals surface area (Å²) in [4.78, 5) is 20.7. The van der Waals surface area contributed by atoms with Crippen molar-refractivity contribution in [2.24, 2.45) is 0 Å². The molecule has 0 saturated carbocycles. The SMILES string of the molecule is COc1cc(C=C2CCCN([C@@H](C)c3cc(Br)cs3)C2=O)ccc1-n1cnc(C)c1. The summed E-state index contributed by atoms with van der Waals surface area (Å²) >= 11 is 5.19. The lowest BCUT2D eigenvalue weighted by Gasteiger charge is -2.33. The van der Waals surface area contributed by atoms with E-state index in [1.165, 1.54) is 4.88 Å². The van der Waals surface area contributed by atoms with Crippen molar-refractivity contribution in [1.29, 1.82) is 0 Å². The minimum absolute atomic E-state index is 0.0684. The first-order valence-corrected chi connectivity index (χ1v) is 11.6. The van der Waals surface area contributed by atoms with Gasteiger partial charge in [-0.05, 0) is 72.5 Å². The molecule has 156 valence electrons. The molecule has 2 aromatic heterocycles. The van der Waals surface area contributed by atoms with Gasteiger partial charge in [-0.3, -0.25) is 4.79 Å². The van der Waals surface area contributed by atoms with Crippen molar-refractivity contribution in [2.45, 2.75) is 32.7 Å². The maximum absolute atomic E-state index is 13.2. The van der Waals surface area contributed by atoms with E-state index in [-0.39, 0.29) is 11.9 Å². The Balaban J connectivity index is 1.60. The van der Waals surface area contributed by atoms with Gasteiger partial charge in [-0.25, -0.2) is 4.98 Å². The molecular weight excluding hydrogens is 462 g/mol. The van der Waals surface area contributed by atoms with Crippen LogP contribution < -0.4 is 4.74 Å². The van der Waals surface area contributed by atoms with Gasteiger partial charge >= 0.3 is 0 Å². The maximum Gasteiger partial charge on any atom is 0.250 e. The van der Waals surface area contributed by atoms with Crippen LogP contribution in [0.5, 0.6) is 5.75 Å². The quantitative estimate of drug-likeness (QED) is 0.430. The van der Waals surface area contributed by atoms with Gasteiger partial charge in [-0.15, -0.1) is 11.3 Å². The van der Waals surface area contributed by atoms with Crippen molar-refractivity contribution in [2.75, 3.05) is 13.7 Å². The second kappa shape index (κ2) is 8.78. The van der Waals surface area contributed by atoms with Gasteiger partial charge in [0.25, 0.3) is 0 Å². The normalized spacial score (nSPS) is 16.9. The number of likely N-dealkylation sites (tertiary alicyclic amines) is 1. The van der Waals surface area contributed by atoms with E-state index in [0.29, 0.717) is 0 Å². The number of benzene rings is 1. The van der Waals surface area contributed by atoms with Crippen LogP contribution in [0.4, 0.5) is 0 Å². The number of aryl methyl sites for hydroxylation is 1. The fraction of sp³-hybridized carbons (Fsp3) is 0.304. The lowest BCUT2D eigenvalue weighted by Crippen LogP contribution is -2.38. The van der Waals surface area contributed by atoms with E-state index in [1.807, 2.05) is 46.9 Å². The van der Waals surface area contributed by atoms with Crippen molar-refractivity contribution in [1.82, 2.24) is 14.5 Å². The van der Waals surface area contributed by atoms with E-state index in [2.05, 4.69) is 39.3 Å². The second-order valence-corrected chi connectivity index (χ2v) is 9.33. The highest BCUT2D eigenvalue weighted by Gasteiger charge is 2.28. The van der Waals surface area contributed by atoms with Crippen molar-refractivity contribution in [3.63, 3.8) is 0 Å². The molecule has 0 radical (unpaired) electrons. The first-order valence-electron chi connectivity index (χ1n) is 9.90. The molecule has 0 unspecified atom stereocenters. The number of ether oxygens (including phenoxy) is 1. The van der Waals surface area contributed by atoms with Crippen LogP contribution in [0.25, 0.3) is 11.8 Å². The molecule has 1 aliphatic rings. The van der Waals surface area contributed by atoms with Gasteiger partial charge in [-0.1, -0.05) is 6.07 Å². The molecule has 30 heavy (non-hydrogen) atoms. The van der Waals surface area contributed by atoms with Crippen molar-refractivity contribution < 1.29 is 9.53 Å². The van der Waals surface area contributed by atoms with Crippen molar-refractivity contribution in [3.8, 4) is 11.4 Å². The Labute approximate surface area is 189 Å². The number of amides is 1. The van der Waals surface area contributed by atoms with Crippen LogP contribution in [-0.4, -0.2) is 34.0 Å². The van der Waals surface area contributed by atoms with Crippen LogP contribution in [0.2, 0.25) is 0 Å². The molecule has 1 fully saturated rings. The van der Waals surface area contributed by atoms with Crippen LogP contribution in [0.15, 0.2) is 52.2 Å². The Morgan fingerprint density at radius 1 is 1.33 bits per heavy atom. The fourth-order valence-electron chi connectivity index (χ4n) is 3.79. The summed E-state index contributed by atoms with van der Waals surface area (Å²) in [7, 11) is 1.66. The number of methoxy groups -OCH3 is 1. The molecule has 0 bridgehead atoms. The van der Waals surface area contributed by atoms with E-state index in [9.17, 15) is 4.79 Å². The average molecular weight is 486 g/mol. The number of thiophene rings is 1. The van der Waals surface area contributed by atoms with Crippen LogP contribution in [0.3, 0.4) is 0 Å². The standard InChI is InChI=1S/C23H24BrN3O2S/c1-15-12-26(14-25-15)20-7-6-17(10-21(20)29-3)9-18-5-4-8-27(23(18)28)16(2)22-11-19(24)13-30-22/h6-7,9-14,16H,4-5,8H2,1-3H3/t16-/m0/s1. The summed E-state index contributed by atoms with van der Waals surface area (Å²) < 4.78 is 8.62. The zero-order valence-electron chi connectivity index (χ0n) is 17.3. The molecule has 3 aromatic rings. The van der Waals surface area contributed by atoms with Gasteiger partial charge in [-0.2, -0.15) is 0 Å². The number of hydrogen-bond acceptors (Lipinski definition) is 4. The summed E-state index contributed by atoms with van der Waals surface area (Å²) in [5.74, 6) is 0.866. The molecule has 1 aromatic carbocycles. The first kappa shape index (κ1) is 20.9. The van der Waals surface area contributed by atoms with Gasteiger partial charge in [0.05, 0.1) is 30.9 Å². The lowest BCUT2D eigenvalue weighted by atomic mass is 9.99. The van der Waals surface area contributed by atoms with Crippen LogP contribution in [0.1, 0.15) is 41.9 Å². The number of carbonyl (C=O) groups is 1. The van der Waals surface area contributed by atoms with Gasteiger partial charge in [0.15, 0.2) is 0 Å². The lowest BCUT2D eigenvalue weighted by molar-refractivity contribution is -0.130. The first-order chi connectivity index (χ1) is 14.5. The Morgan fingerprint density at radius 2 is 2.17 bits per heavy atom. The number of halogens is 1. The third-order valence-corrected chi connectivity index (χ3v) is 7.25. The van der Waals surface area contributed by atoms with Gasteiger partial charge in [0.2, 0.25) is 5.91 Å². The molecule has 1 saturated heterocycles.